The quantitative estimate of drug-likeness (QED) is 0.624. The van der Waals surface area contributed by atoms with Gasteiger partial charge in [0.2, 0.25) is 0 Å². The Kier molecular flexibility index (Phi) is 4.16. The summed E-state index contributed by atoms with van der Waals surface area (Å²) < 4.78 is 3.04. The van der Waals surface area contributed by atoms with Crippen molar-refractivity contribution < 1.29 is 4.79 Å². The fourth-order valence-corrected chi connectivity index (χ4v) is 2.56. The van der Waals surface area contributed by atoms with Crippen LogP contribution in [0.25, 0.3) is 0 Å². The van der Waals surface area contributed by atoms with Crippen LogP contribution in [0.15, 0.2) is 30.6 Å². The monoisotopic (exact) mass is 354 g/mol. The van der Waals surface area contributed by atoms with Crippen LogP contribution in [0.4, 0.5) is 0 Å². The van der Waals surface area contributed by atoms with Crippen molar-refractivity contribution in [1.82, 2.24) is 9.55 Å². The zero-order valence-corrected chi connectivity index (χ0v) is 12.6. The number of hydrogen-bond donors (Lipinski definition) is 0. The van der Waals surface area contributed by atoms with E-state index in [0.29, 0.717) is 6.42 Å². The van der Waals surface area contributed by atoms with Crippen molar-refractivity contribution in [3.63, 3.8) is 0 Å². The predicted molar refractivity (Wildman–Crippen MR) is 79.8 cm³/mol. The molecule has 0 saturated heterocycles. The lowest BCUT2D eigenvalue weighted by Gasteiger charge is -2.07. The summed E-state index contributed by atoms with van der Waals surface area (Å²) >= 11 is 2.23. The van der Waals surface area contributed by atoms with E-state index in [2.05, 4.69) is 27.6 Å². The van der Waals surface area contributed by atoms with Gasteiger partial charge in [-0.05, 0) is 42.0 Å². The summed E-state index contributed by atoms with van der Waals surface area (Å²) in [6, 6.07) is 5.83. The fraction of sp³-hybridized carbons (Fsp3) is 0.286. The molecule has 2 aromatic rings. The Bertz CT molecular complexity index is 575. The molecule has 3 nitrogen and oxygen atoms in total. The Morgan fingerprint density at radius 2 is 2.22 bits per heavy atom. The number of nitrogens with zero attached hydrogens (tertiary/aromatic N) is 2. The highest BCUT2D eigenvalue weighted by Gasteiger charge is 2.14. The molecule has 0 aliphatic carbocycles. The lowest BCUT2D eigenvalue weighted by molar-refractivity contribution is 0.0989. The van der Waals surface area contributed by atoms with Gasteiger partial charge in [-0.2, -0.15) is 0 Å². The third-order valence-corrected chi connectivity index (χ3v) is 4.39. The molecule has 0 amide bonds. The van der Waals surface area contributed by atoms with Crippen LogP contribution >= 0.6 is 22.6 Å². The van der Waals surface area contributed by atoms with E-state index in [1.165, 1.54) is 0 Å². The number of imidazole rings is 1. The van der Waals surface area contributed by atoms with Crippen molar-refractivity contribution in [2.24, 2.45) is 0 Å². The second kappa shape index (κ2) is 5.65. The molecule has 0 unspecified atom stereocenters. The molecular formula is C14H15IN2O. The molecule has 4 heteroatoms. The Morgan fingerprint density at radius 1 is 1.44 bits per heavy atom. The van der Waals surface area contributed by atoms with Gasteiger partial charge >= 0.3 is 0 Å². The van der Waals surface area contributed by atoms with E-state index < -0.39 is 0 Å². The third-order valence-electron chi connectivity index (χ3n) is 2.95. The molecule has 1 aromatic heterocycles. The van der Waals surface area contributed by atoms with E-state index in [1.54, 1.807) is 6.20 Å². The van der Waals surface area contributed by atoms with Crippen molar-refractivity contribution >= 4 is 28.4 Å². The smallest absolute Gasteiger partial charge is 0.171 e. The lowest BCUT2D eigenvalue weighted by Crippen LogP contribution is -2.11. The molecule has 0 aliphatic heterocycles. The molecule has 18 heavy (non-hydrogen) atoms. The highest BCUT2D eigenvalue weighted by atomic mass is 127. The van der Waals surface area contributed by atoms with Gasteiger partial charge in [0, 0.05) is 28.1 Å². The van der Waals surface area contributed by atoms with Crippen LogP contribution in [0.1, 0.15) is 28.7 Å². The first-order chi connectivity index (χ1) is 8.63. The highest BCUT2D eigenvalue weighted by molar-refractivity contribution is 14.1. The first kappa shape index (κ1) is 13.3. The number of rotatable bonds is 4. The maximum atomic E-state index is 12.3. The summed E-state index contributed by atoms with van der Waals surface area (Å²) in [5.41, 5.74) is 1.93. The van der Waals surface area contributed by atoms with E-state index in [9.17, 15) is 4.79 Å². The molecule has 0 radical (unpaired) electrons. The largest absolute Gasteiger partial charge is 0.335 e. The van der Waals surface area contributed by atoms with Gasteiger partial charge in [0.05, 0.1) is 6.42 Å². The molecule has 1 heterocycles. The van der Waals surface area contributed by atoms with Gasteiger partial charge in [-0.3, -0.25) is 4.79 Å². The molecule has 0 saturated carbocycles. The number of benzene rings is 1. The summed E-state index contributed by atoms with van der Waals surface area (Å²) in [6.45, 7) is 4.91. The van der Waals surface area contributed by atoms with Gasteiger partial charge in [-0.25, -0.2) is 4.98 Å². The molecule has 0 bridgehead atoms. The maximum Gasteiger partial charge on any atom is 0.171 e. The van der Waals surface area contributed by atoms with Gasteiger partial charge in [0.15, 0.2) is 5.78 Å². The van der Waals surface area contributed by atoms with Gasteiger partial charge in [0.1, 0.15) is 5.82 Å². The number of carbonyl (C=O) groups is 1. The predicted octanol–water partition coefficient (Wildman–Crippen LogP) is 3.24. The minimum atomic E-state index is 0.129. The summed E-state index contributed by atoms with van der Waals surface area (Å²) in [4.78, 5) is 16.5. The number of carbonyl (C=O) groups excluding carboxylic acids is 1. The Hall–Kier alpha value is -1.17. The average Bonchev–Trinajstić information content (AvgIpc) is 2.79. The van der Waals surface area contributed by atoms with E-state index in [0.717, 1.165) is 27.1 Å². The first-order valence-corrected chi connectivity index (χ1v) is 6.99. The van der Waals surface area contributed by atoms with Crippen LogP contribution in [-0.2, 0) is 13.0 Å². The second-order valence-electron chi connectivity index (χ2n) is 4.17. The highest BCUT2D eigenvalue weighted by Crippen LogP contribution is 2.18. The van der Waals surface area contributed by atoms with E-state index >= 15 is 0 Å². The molecule has 0 N–H and O–H groups in total. The Morgan fingerprint density at radius 3 is 2.94 bits per heavy atom. The number of Topliss-reactive ketones (excluding diaryl/α,β-unsaturated/α-hetero) is 1. The summed E-state index contributed by atoms with van der Waals surface area (Å²) in [5, 5.41) is 0. The van der Waals surface area contributed by atoms with E-state index in [1.807, 2.05) is 42.8 Å². The van der Waals surface area contributed by atoms with Crippen LogP contribution in [-0.4, -0.2) is 15.3 Å². The summed E-state index contributed by atoms with van der Waals surface area (Å²) in [6.07, 6.45) is 4.01. The zero-order valence-electron chi connectivity index (χ0n) is 10.5. The molecule has 0 atom stereocenters. The topological polar surface area (TPSA) is 34.9 Å². The number of aromatic nitrogens is 2. The van der Waals surface area contributed by atoms with Crippen LogP contribution < -0.4 is 0 Å². The van der Waals surface area contributed by atoms with Crippen LogP contribution in [0.5, 0.6) is 0 Å². The van der Waals surface area contributed by atoms with Gasteiger partial charge in [-0.15, -0.1) is 0 Å². The normalized spacial score (nSPS) is 10.6. The molecule has 2 rings (SSSR count). The fourth-order valence-electron chi connectivity index (χ4n) is 1.90. The third kappa shape index (κ3) is 2.63. The maximum absolute atomic E-state index is 12.3. The van der Waals surface area contributed by atoms with Gasteiger partial charge in [-0.1, -0.05) is 18.2 Å². The molecular weight excluding hydrogens is 339 g/mol. The van der Waals surface area contributed by atoms with Crippen molar-refractivity contribution in [3.05, 3.63) is 51.1 Å². The van der Waals surface area contributed by atoms with Crippen molar-refractivity contribution in [1.29, 1.82) is 0 Å². The van der Waals surface area contributed by atoms with Gasteiger partial charge in [0.25, 0.3) is 0 Å². The molecule has 0 fully saturated rings. The van der Waals surface area contributed by atoms with Crippen molar-refractivity contribution in [2.45, 2.75) is 26.8 Å². The van der Waals surface area contributed by atoms with Crippen LogP contribution in [0.3, 0.4) is 0 Å². The first-order valence-electron chi connectivity index (χ1n) is 5.91. The SMILES string of the molecule is CCn1ccnc1CC(=O)c1cccc(C)c1I. The van der Waals surface area contributed by atoms with E-state index in [4.69, 9.17) is 0 Å². The minimum Gasteiger partial charge on any atom is -0.335 e. The van der Waals surface area contributed by atoms with Crippen molar-refractivity contribution in [2.75, 3.05) is 0 Å². The second-order valence-corrected chi connectivity index (χ2v) is 5.24. The Balaban J connectivity index is 2.25. The molecule has 0 spiro atoms. The number of halogens is 1. The standard InChI is InChI=1S/C14H15IN2O/c1-3-17-8-7-16-13(17)9-12(18)11-6-4-5-10(2)14(11)15/h4-8H,3,9H2,1-2H3. The zero-order chi connectivity index (χ0) is 13.1. The summed E-state index contributed by atoms with van der Waals surface area (Å²) in [7, 11) is 0. The Labute approximate surface area is 120 Å². The molecule has 1 aromatic carbocycles. The number of hydrogen-bond acceptors (Lipinski definition) is 2. The average molecular weight is 354 g/mol. The minimum absolute atomic E-state index is 0.129. The number of aryl methyl sites for hydroxylation is 2. The van der Waals surface area contributed by atoms with E-state index in [-0.39, 0.29) is 5.78 Å². The van der Waals surface area contributed by atoms with Crippen LogP contribution in [0, 0.1) is 10.5 Å². The molecule has 94 valence electrons. The summed E-state index contributed by atoms with van der Waals surface area (Å²) in [5.74, 6) is 0.962. The molecule has 0 aliphatic rings. The van der Waals surface area contributed by atoms with Crippen molar-refractivity contribution in [3.8, 4) is 0 Å². The van der Waals surface area contributed by atoms with Crippen LogP contribution in [0.2, 0.25) is 0 Å². The van der Waals surface area contributed by atoms with Gasteiger partial charge < -0.3 is 4.57 Å². The number of ketones is 1. The lowest BCUT2D eigenvalue weighted by atomic mass is 10.1.